The third kappa shape index (κ3) is 5.60. The maximum atomic E-state index is 12.5. The second kappa shape index (κ2) is 9.60. The molecule has 0 saturated carbocycles. The van der Waals surface area contributed by atoms with Gasteiger partial charge in [0.15, 0.2) is 17.6 Å². The maximum Gasteiger partial charge on any atom is 0.355 e. The Labute approximate surface area is 173 Å². The highest BCUT2D eigenvalue weighted by Gasteiger charge is 2.21. The fourth-order valence-corrected chi connectivity index (χ4v) is 2.71. The summed E-state index contributed by atoms with van der Waals surface area (Å²) in [5.74, 6) is -0.424. The average Bonchev–Trinajstić information content (AvgIpc) is 3.19. The molecule has 2 amide bonds. The third-order valence-corrected chi connectivity index (χ3v) is 4.20. The molecule has 1 aliphatic heterocycles. The van der Waals surface area contributed by atoms with Gasteiger partial charge in [-0.2, -0.15) is 0 Å². The molecule has 30 heavy (non-hydrogen) atoms. The predicted molar refractivity (Wildman–Crippen MR) is 108 cm³/mol. The van der Waals surface area contributed by atoms with Gasteiger partial charge in [-0.05, 0) is 36.3 Å². The monoisotopic (exact) mass is 410 g/mol. The van der Waals surface area contributed by atoms with Crippen molar-refractivity contribution in [2.24, 2.45) is 0 Å². The van der Waals surface area contributed by atoms with Crippen molar-refractivity contribution in [1.82, 2.24) is 10.6 Å². The zero-order valence-electron chi connectivity index (χ0n) is 16.6. The van der Waals surface area contributed by atoms with Gasteiger partial charge in [-0.25, -0.2) is 4.79 Å². The Bertz CT molecular complexity index is 971. The molecule has 0 radical (unpaired) electrons. The topological polar surface area (TPSA) is 103 Å². The molecule has 0 unspecified atom stereocenters. The van der Waals surface area contributed by atoms with Crippen LogP contribution >= 0.6 is 0 Å². The molecule has 0 spiro atoms. The number of ether oxygens (including phenoxy) is 3. The van der Waals surface area contributed by atoms with Gasteiger partial charge < -0.3 is 24.8 Å². The zero-order valence-corrected chi connectivity index (χ0v) is 16.6. The molecular formula is C22H22N2O6. The number of hydrogen-bond acceptors (Lipinski definition) is 6. The number of esters is 1. The molecule has 8 heteroatoms. The van der Waals surface area contributed by atoms with Gasteiger partial charge in [0.05, 0.1) is 0 Å². The van der Waals surface area contributed by atoms with Gasteiger partial charge in [0.2, 0.25) is 12.7 Å². The van der Waals surface area contributed by atoms with Crippen LogP contribution in [0.15, 0.2) is 54.2 Å². The highest BCUT2D eigenvalue weighted by Crippen LogP contribution is 2.32. The Morgan fingerprint density at radius 2 is 1.83 bits per heavy atom. The second-order valence-corrected chi connectivity index (χ2v) is 6.60. The summed E-state index contributed by atoms with van der Waals surface area (Å²) < 4.78 is 15.8. The van der Waals surface area contributed by atoms with E-state index in [1.807, 2.05) is 12.1 Å². The first-order valence-corrected chi connectivity index (χ1v) is 9.34. The van der Waals surface area contributed by atoms with E-state index in [-0.39, 0.29) is 19.0 Å². The normalized spacial score (nSPS) is 13.3. The van der Waals surface area contributed by atoms with Crippen LogP contribution in [-0.4, -0.2) is 30.7 Å². The standard InChI is InChI=1S/C22H22N2O6/c1-14(21(26)23-12-17-8-9-19-20(11-17)29-13-28-19)30-22(27)18(24-15(2)25)10-16-6-4-3-5-7-16/h3-11,14H,12-13H2,1-2H3,(H,23,26)(H,24,25)/b18-10-/t14-/m1/s1. The SMILES string of the molecule is CC(=O)N/C(=C\c1ccccc1)C(=O)O[C@H](C)C(=O)NCc1ccc2c(c1)OCO2. The Balaban J connectivity index is 1.59. The molecule has 8 nitrogen and oxygen atoms in total. The van der Waals surface area contributed by atoms with Gasteiger partial charge in [-0.3, -0.25) is 9.59 Å². The molecule has 0 fully saturated rings. The number of fused-ring (bicyclic) bond motifs is 1. The number of benzene rings is 2. The summed E-state index contributed by atoms with van der Waals surface area (Å²) in [5.41, 5.74) is 1.47. The summed E-state index contributed by atoms with van der Waals surface area (Å²) in [5, 5.41) is 5.15. The number of rotatable bonds is 7. The minimum atomic E-state index is -1.06. The number of nitrogens with one attached hydrogen (secondary N) is 2. The lowest BCUT2D eigenvalue weighted by molar-refractivity contribution is -0.151. The summed E-state index contributed by atoms with van der Waals surface area (Å²) >= 11 is 0. The highest BCUT2D eigenvalue weighted by atomic mass is 16.7. The Morgan fingerprint density at radius 3 is 2.57 bits per heavy atom. The van der Waals surface area contributed by atoms with E-state index >= 15 is 0 Å². The first kappa shape index (κ1) is 20.9. The van der Waals surface area contributed by atoms with E-state index in [0.29, 0.717) is 17.1 Å². The van der Waals surface area contributed by atoms with Gasteiger partial charge >= 0.3 is 5.97 Å². The number of amides is 2. The van der Waals surface area contributed by atoms with E-state index in [9.17, 15) is 14.4 Å². The van der Waals surface area contributed by atoms with Crippen LogP contribution in [0, 0.1) is 0 Å². The number of hydrogen-bond donors (Lipinski definition) is 2. The fraction of sp³-hybridized carbons (Fsp3) is 0.227. The Hall–Kier alpha value is -3.81. The minimum absolute atomic E-state index is 0.0517. The van der Waals surface area contributed by atoms with Crippen LogP contribution in [0.3, 0.4) is 0 Å². The smallest absolute Gasteiger partial charge is 0.355 e. The van der Waals surface area contributed by atoms with Crippen LogP contribution in [-0.2, 0) is 25.7 Å². The molecule has 0 aliphatic carbocycles. The summed E-state index contributed by atoms with van der Waals surface area (Å²) in [6.07, 6.45) is 0.431. The van der Waals surface area contributed by atoms with E-state index in [1.54, 1.807) is 36.4 Å². The lowest BCUT2D eigenvalue weighted by atomic mass is 10.2. The van der Waals surface area contributed by atoms with Gasteiger partial charge in [0.1, 0.15) is 5.70 Å². The highest BCUT2D eigenvalue weighted by molar-refractivity contribution is 5.98. The lowest BCUT2D eigenvalue weighted by Crippen LogP contribution is -2.37. The molecule has 0 bridgehead atoms. The molecule has 1 aliphatic rings. The lowest BCUT2D eigenvalue weighted by Gasteiger charge is -2.15. The molecule has 156 valence electrons. The van der Waals surface area contributed by atoms with Crippen molar-refractivity contribution in [1.29, 1.82) is 0 Å². The van der Waals surface area contributed by atoms with Crippen molar-refractivity contribution < 1.29 is 28.6 Å². The molecule has 2 aromatic rings. The molecule has 1 heterocycles. The van der Waals surface area contributed by atoms with Crippen LogP contribution in [0.1, 0.15) is 25.0 Å². The minimum Gasteiger partial charge on any atom is -0.454 e. The van der Waals surface area contributed by atoms with Crippen molar-refractivity contribution >= 4 is 23.9 Å². The van der Waals surface area contributed by atoms with Gasteiger partial charge in [-0.1, -0.05) is 36.4 Å². The van der Waals surface area contributed by atoms with Crippen molar-refractivity contribution in [2.75, 3.05) is 6.79 Å². The molecule has 0 saturated heterocycles. The molecule has 0 aromatic heterocycles. The summed E-state index contributed by atoms with van der Waals surface area (Å²) in [4.78, 5) is 36.3. The Kier molecular flexibility index (Phi) is 6.69. The average molecular weight is 410 g/mol. The van der Waals surface area contributed by atoms with Crippen LogP contribution in [0.5, 0.6) is 11.5 Å². The largest absolute Gasteiger partial charge is 0.454 e. The molecule has 2 aromatic carbocycles. The zero-order chi connectivity index (χ0) is 21.5. The summed E-state index contributed by atoms with van der Waals surface area (Å²) in [6.45, 7) is 3.15. The number of carbonyl (C=O) groups is 3. The van der Waals surface area contributed by atoms with E-state index in [4.69, 9.17) is 14.2 Å². The molecule has 1 atom stereocenters. The van der Waals surface area contributed by atoms with Gasteiger partial charge in [0.25, 0.3) is 5.91 Å². The fourth-order valence-electron chi connectivity index (χ4n) is 2.71. The van der Waals surface area contributed by atoms with Crippen LogP contribution < -0.4 is 20.1 Å². The summed E-state index contributed by atoms with van der Waals surface area (Å²) in [7, 11) is 0. The molecule has 3 rings (SSSR count). The first-order chi connectivity index (χ1) is 14.4. The molecular weight excluding hydrogens is 388 g/mol. The van der Waals surface area contributed by atoms with E-state index < -0.39 is 23.9 Å². The van der Waals surface area contributed by atoms with Gasteiger partial charge in [-0.15, -0.1) is 0 Å². The Morgan fingerprint density at radius 1 is 1.10 bits per heavy atom. The third-order valence-electron chi connectivity index (χ3n) is 4.20. The van der Waals surface area contributed by atoms with Crippen LogP contribution in [0.25, 0.3) is 6.08 Å². The summed E-state index contributed by atoms with van der Waals surface area (Å²) in [6, 6.07) is 14.3. The van der Waals surface area contributed by atoms with Crippen LogP contribution in [0.4, 0.5) is 0 Å². The van der Waals surface area contributed by atoms with Crippen molar-refractivity contribution in [3.05, 3.63) is 65.4 Å². The van der Waals surface area contributed by atoms with E-state index in [0.717, 1.165) is 5.56 Å². The van der Waals surface area contributed by atoms with Crippen LogP contribution in [0.2, 0.25) is 0 Å². The van der Waals surface area contributed by atoms with Gasteiger partial charge in [0, 0.05) is 13.5 Å². The maximum absolute atomic E-state index is 12.5. The van der Waals surface area contributed by atoms with Crippen molar-refractivity contribution in [2.45, 2.75) is 26.5 Å². The molecule has 2 N–H and O–H groups in total. The second-order valence-electron chi connectivity index (χ2n) is 6.60. The van der Waals surface area contributed by atoms with Crippen molar-refractivity contribution in [3.63, 3.8) is 0 Å². The first-order valence-electron chi connectivity index (χ1n) is 9.34. The van der Waals surface area contributed by atoms with Crippen molar-refractivity contribution in [3.8, 4) is 11.5 Å². The quantitative estimate of drug-likeness (QED) is 0.536. The number of carbonyl (C=O) groups excluding carboxylic acids is 3. The van der Waals surface area contributed by atoms with E-state index in [1.165, 1.54) is 19.9 Å². The van der Waals surface area contributed by atoms with E-state index in [2.05, 4.69) is 10.6 Å². The predicted octanol–water partition coefficient (Wildman–Crippen LogP) is 2.14.